The van der Waals surface area contributed by atoms with Crippen molar-refractivity contribution in [2.75, 3.05) is 10.6 Å². The first-order valence-corrected chi connectivity index (χ1v) is 8.75. The highest BCUT2D eigenvalue weighted by Crippen LogP contribution is 2.31. The molecule has 0 saturated carbocycles. The Balaban J connectivity index is 1.66. The van der Waals surface area contributed by atoms with E-state index in [9.17, 15) is 4.79 Å². The van der Waals surface area contributed by atoms with Gasteiger partial charge in [0.15, 0.2) is 5.82 Å². The van der Waals surface area contributed by atoms with Crippen LogP contribution >= 0.6 is 11.3 Å². The smallest absolute Gasteiger partial charge is 0.325 e. The quantitative estimate of drug-likeness (QED) is 0.688. The van der Waals surface area contributed by atoms with Gasteiger partial charge in [-0.25, -0.2) is 4.79 Å². The largest absolute Gasteiger partial charge is 0.359 e. The molecule has 0 radical (unpaired) electrons. The fourth-order valence-electron chi connectivity index (χ4n) is 2.29. The maximum Gasteiger partial charge on any atom is 0.325 e. The summed E-state index contributed by atoms with van der Waals surface area (Å²) in [6.45, 7) is 8.07. The van der Waals surface area contributed by atoms with Crippen molar-refractivity contribution in [2.45, 2.75) is 33.1 Å². The van der Waals surface area contributed by atoms with E-state index in [0.717, 1.165) is 27.5 Å². The molecule has 3 rings (SSSR count). The van der Waals surface area contributed by atoms with Gasteiger partial charge in [-0.1, -0.05) is 25.9 Å². The molecule has 7 heteroatoms. The minimum Gasteiger partial charge on any atom is -0.359 e. The second-order valence-corrected chi connectivity index (χ2v) is 7.71. The van der Waals surface area contributed by atoms with Crippen molar-refractivity contribution in [3.05, 3.63) is 47.3 Å². The van der Waals surface area contributed by atoms with E-state index in [2.05, 4.69) is 20.8 Å². The van der Waals surface area contributed by atoms with Crippen LogP contribution in [0, 0.1) is 6.92 Å². The number of carbonyl (C=O) groups excluding carboxylic acids is 1. The molecular weight excluding hydrogens is 336 g/mol. The van der Waals surface area contributed by atoms with E-state index in [-0.39, 0.29) is 11.4 Å². The molecule has 0 fully saturated rings. The van der Waals surface area contributed by atoms with Gasteiger partial charge in [-0.2, -0.15) is 0 Å². The van der Waals surface area contributed by atoms with Crippen LogP contribution in [-0.4, -0.2) is 16.2 Å². The number of rotatable bonds is 3. The average molecular weight is 356 g/mol. The number of anilines is 2. The van der Waals surface area contributed by atoms with E-state index in [1.807, 2.05) is 51.4 Å². The van der Waals surface area contributed by atoms with Crippen molar-refractivity contribution in [3.63, 3.8) is 0 Å². The van der Waals surface area contributed by atoms with Crippen LogP contribution in [0.1, 0.15) is 32.1 Å². The summed E-state index contributed by atoms with van der Waals surface area (Å²) in [5.41, 5.74) is 3.09. The molecule has 2 amide bonds. The van der Waals surface area contributed by atoms with Crippen LogP contribution in [0.2, 0.25) is 0 Å². The minimum absolute atomic E-state index is 0.158. The van der Waals surface area contributed by atoms with E-state index >= 15 is 0 Å². The number of hydrogen-bond acceptors (Lipinski definition) is 5. The number of aryl methyl sites for hydroxylation is 1. The first kappa shape index (κ1) is 17.2. The van der Waals surface area contributed by atoms with Gasteiger partial charge in [-0.05, 0) is 35.7 Å². The Morgan fingerprint density at radius 3 is 2.72 bits per heavy atom. The summed E-state index contributed by atoms with van der Waals surface area (Å²) in [5, 5.41) is 12.1. The number of carbonyl (C=O) groups is 1. The Morgan fingerprint density at radius 2 is 2.04 bits per heavy atom. The highest BCUT2D eigenvalue weighted by Gasteiger charge is 2.20. The van der Waals surface area contributed by atoms with Crippen molar-refractivity contribution < 1.29 is 9.32 Å². The average Bonchev–Trinajstić information content (AvgIpc) is 3.17. The Hall–Kier alpha value is -2.67. The van der Waals surface area contributed by atoms with Crippen molar-refractivity contribution in [1.82, 2.24) is 10.1 Å². The number of hydrogen-bond donors (Lipinski definition) is 2. The summed E-state index contributed by atoms with van der Waals surface area (Å²) in [4.78, 5) is 16.2. The van der Waals surface area contributed by atoms with Crippen LogP contribution in [0.5, 0.6) is 0 Å². The SMILES string of the molecule is Cc1cnccc1-c1csc(NC(=O)Nc2cc(C(C)(C)C)on2)c1. The molecule has 0 unspecified atom stereocenters. The molecule has 0 aliphatic rings. The standard InChI is InChI=1S/C18H20N4O2S/c1-11-9-19-6-5-13(11)12-7-16(25-10-12)21-17(23)20-15-8-14(24-22-15)18(2,3)4/h5-10H,1-4H3,(H2,20,21,22,23). The van der Waals surface area contributed by atoms with Crippen LogP contribution in [0.4, 0.5) is 15.6 Å². The van der Waals surface area contributed by atoms with Gasteiger partial charge >= 0.3 is 6.03 Å². The third-order valence-corrected chi connectivity index (χ3v) is 4.50. The van der Waals surface area contributed by atoms with Crippen molar-refractivity contribution in [1.29, 1.82) is 0 Å². The van der Waals surface area contributed by atoms with Gasteiger partial charge in [-0.3, -0.25) is 15.6 Å². The Morgan fingerprint density at radius 1 is 1.24 bits per heavy atom. The molecule has 0 aliphatic carbocycles. The van der Waals surface area contributed by atoms with E-state index < -0.39 is 0 Å². The number of amides is 2. The molecule has 2 N–H and O–H groups in total. The zero-order valence-corrected chi connectivity index (χ0v) is 15.4. The molecule has 0 saturated heterocycles. The normalized spacial score (nSPS) is 11.4. The van der Waals surface area contributed by atoms with E-state index in [1.54, 1.807) is 12.3 Å². The summed E-state index contributed by atoms with van der Waals surface area (Å²) >= 11 is 1.47. The Labute approximate surface area is 150 Å². The van der Waals surface area contributed by atoms with Crippen LogP contribution in [-0.2, 0) is 5.41 Å². The predicted molar refractivity (Wildman–Crippen MR) is 100 cm³/mol. The maximum atomic E-state index is 12.1. The summed E-state index contributed by atoms with van der Waals surface area (Å²) in [5.74, 6) is 1.11. The summed E-state index contributed by atoms with van der Waals surface area (Å²) in [6.07, 6.45) is 3.58. The van der Waals surface area contributed by atoms with Gasteiger partial charge in [0.05, 0.1) is 5.00 Å². The first-order chi connectivity index (χ1) is 11.8. The van der Waals surface area contributed by atoms with Gasteiger partial charge in [-0.15, -0.1) is 11.3 Å². The van der Waals surface area contributed by atoms with Gasteiger partial charge in [0.25, 0.3) is 0 Å². The van der Waals surface area contributed by atoms with Gasteiger partial charge in [0, 0.05) is 29.3 Å². The lowest BCUT2D eigenvalue weighted by Gasteiger charge is -2.12. The summed E-state index contributed by atoms with van der Waals surface area (Å²) in [7, 11) is 0. The lowest BCUT2D eigenvalue weighted by molar-refractivity contribution is 0.262. The third-order valence-electron chi connectivity index (χ3n) is 3.66. The zero-order valence-electron chi connectivity index (χ0n) is 14.6. The molecule has 0 bridgehead atoms. The molecule has 3 aromatic heterocycles. The fourth-order valence-corrected chi connectivity index (χ4v) is 3.08. The molecule has 130 valence electrons. The number of nitrogens with zero attached hydrogens (tertiary/aromatic N) is 2. The van der Waals surface area contributed by atoms with E-state index in [1.165, 1.54) is 11.3 Å². The van der Waals surface area contributed by atoms with Crippen LogP contribution in [0.3, 0.4) is 0 Å². The predicted octanol–water partition coefficient (Wildman–Crippen LogP) is 5.05. The molecule has 0 spiro atoms. The highest BCUT2D eigenvalue weighted by atomic mass is 32.1. The molecule has 0 aliphatic heterocycles. The number of aromatic nitrogens is 2. The second-order valence-electron chi connectivity index (χ2n) is 6.80. The minimum atomic E-state index is -0.353. The van der Waals surface area contributed by atoms with E-state index in [4.69, 9.17) is 4.52 Å². The van der Waals surface area contributed by atoms with Crippen molar-refractivity contribution in [3.8, 4) is 11.1 Å². The fraction of sp³-hybridized carbons (Fsp3) is 0.278. The molecule has 3 aromatic rings. The Kier molecular flexibility index (Phi) is 4.59. The molecule has 0 aromatic carbocycles. The number of urea groups is 1. The van der Waals surface area contributed by atoms with Gasteiger partial charge in [0.1, 0.15) is 5.76 Å². The summed E-state index contributed by atoms with van der Waals surface area (Å²) in [6, 6.07) is 5.29. The van der Waals surface area contributed by atoms with Gasteiger partial charge < -0.3 is 4.52 Å². The number of nitrogens with one attached hydrogen (secondary N) is 2. The third kappa shape index (κ3) is 4.06. The number of pyridine rings is 1. The molecular formula is C18H20N4O2S. The second kappa shape index (κ2) is 6.68. The zero-order chi connectivity index (χ0) is 18.0. The molecule has 0 atom stereocenters. The van der Waals surface area contributed by atoms with Crippen molar-refractivity contribution >= 4 is 28.2 Å². The van der Waals surface area contributed by atoms with Gasteiger partial charge in [0.2, 0.25) is 0 Å². The number of thiophene rings is 1. The lowest BCUT2D eigenvalue weighted by Crippen LogP contribution is -2.19. The maximum absolute atomic E-state index is 12.1. The first-order valence-electron chi connectivity index (χ1n) is 7.87. The summed E-state index contributed by atoms with van der Waals surface area (Å²) < 4.78 is 5.26. The monoisotopic (exact) mass is 356 g/mol. The Bertz CT molecular complexity index is 892. The molecule has 3 heterocycles. The van der Waals surface area contributed by atoms with Crippen LogP contribution < -0.4 is 10.6 Å². The van der Waals surface area contributed by atoms with Crippen molar-refractivity contribution in [2.24, 2.45) is 0 Å². The molecule has 6 nitrogen and oxygen atoms in total. The van der Waals surface area contributed by atoms with E-state index in [0.29, 0.717) is 5.82 Å². The van der Waals surface area contributed by atoms with Crippen LogP contribution in [0.25, 0.3) is 11.1 Å². The topological polar surface area (TPSA) is 80.0 Å². The van der Waals surface area contributed by atoms with Crippen LogP contribution in [0.15, 0.2) is 40.5 Å². The lowest BCUT2D eigenvalue weighted by atomic mass is 9.93. The molecule has 25 heavy (non-hydrogen) atoms. The highest BCUT2D eigenvalue weighted by molar-refractivity contribution is 7.14.